The zero-order valence-electron chi connectivity index (χ0n) is 25.2. The monoisotopic (exact) mass is 563 g/mol. The van der Waals surface area contributed by atoms with Gasteiger partial charge in [-0.25, -0.2) is 4.79 Å². The Balaban J connectivity index is 3.44. The average molecular weight is 564 g/mol. The second-order valence-electron chi connectivity index (χ2n) is 10.9. The number of phenols is 1. The minimum Gasteiger partial charge on any atom is -0.508 e. The minimum absolute atomic E-state index is 0.0119. The quantitative estimate of drug-likeness (QED) is 0.193. The summed E-state index contributed by atoms with van der Waals surface area (Å²) in [4.78, 5) is 53.9. The molecule has 0 aliphatic heterocycles. The molecule has 0 aliphatic carbocycles. The van der Waals surface area contributed by atoms with Crippen LogP contribution < -0.4 is 10.6 Å². The zero-order valence-corrected chi connectivity index (χ0v) is 25.2. The molecule has 1 aromatic carbocycles. The number of benzene rings is 1. The Hall–Kier alpha value is -3.30. The third kappa shape index (κ3) is 12.3. The molecule has 0 heterocycles. The van der Waals surface area contributed by atoms with Crippen LogP contribution in [0.3, 0.4) is 0 Å². The number of phenolic OH excluding ortho intramolecular Hbond substituents is 1. The third-order valence-corrected chi connectivity index (χ3v) is 6.39. The molecule has 1 aromatic rings. The molecule has 0 spiro atoms. The molecule has 226 valence electrons. The lowest BCUT2D eigenvalue weighted by molar-refractivity contribution is -0.145. The fourth-order valence-corrected chi connectivity index (χ4v) is 4.12. The third-order valence-electron chi connectivity index (χ3n) is 6.39. The maximum atomic E-state index is 14.2. The predicted octanol–water partition coefficient (Wildman–Crippen LogP) is 4.85. The molecular formula is C30H49N3O7. The van der Waals surface area contributed by atoms with Crippen molar-refractivity contribution in [3.8, 4) is 5.75 Å². The van der Waals surface area contributed by atoms with Gasteiger partial charge in [0.2, 0.25) is 11.8 Å². The van der Waals surface area contributed by atoms with Crippen molar-refractivity contribution in [3.05, 3.63) is 29.8 Å². The summed E-state index contributed by atoms with van der Waals surface area (Å²) in [5.41, 5.74) is -0.254. The van der Waals surface area contributed by atoms with Gasteiger partial charge >= 0.3 is 12.1 Å². The van der Waals surface area contributed by atoms with Crippen molar-refractivity contribution in [2.24, 2.45) is 5.92 Å². The molecule has 3 N–H and O–H groups in total. The van der Waals surface area contributed by atoms with Gasteiger partial charge in [0.15, 0.2) is 0 Å². The van der Waals surface area contributed by atoms with Crippen LogP contribution in [0.1, 0.15) is 98.6 Å². The van der Waals surface area contributed by atoms with E-state index in [1.165, 1.54) is 17.0 Å². The number of esters is 1. The van der Waals surface area contributed by atoms with Gasteiger partial charge in [-0.3, -0.25) is 14.4 Å². The van der Waals surface area contributed by atoms with Crippen molar-refractivity contribution in [1.29, 1.82) is 0 Å². The first-order chi connectivity index (χ1) is 18.8. The number of nitrogens with zero attached hydrogens (tertiary/aromatic N) is 1. The number of aromatic hydroxyl groups is 1. The fraction of sp³-hybridized carbons (Fsp3) is 0.667. The summed E-state index contributed by atoms with van der Waals surface area (Å²) in [6, 6.07) is 4.12. The van der Waals surface area contributed by atoms with E-state index in [-0.39, 0.29) is 37.8 Å². The van der Waals surface area contributed by atoms with Crippen LogP contribution in [0.2, 0.25) is 0 Å². The van der Waals surface area contributed by atoms with Crippen LogP contribution in [0.5, 0.6) is 5.75 Å². The summed E-state index contributed by atoms with van der Waals surface area (Å²) in [5, 5.41) is 15.4. The largest absolute Gasteiger partial charge is 0.508 e. The molecule has 10 nitrogen and oxygen atoms in total. The molecule has 3 atom stereocenters. The van der Waals surface area contributed by atoms with Gasteiger partial charge in [-0.1, -0.05) is 58.6 Å². The first kappa shape index (κ1) is 34.7. The van der Waals surface area contributed by atoms with Gasteiger partial charge in [0.25, 0.3) is 0 Å². The Morgan fingerprint density at radius 2 is 1.65 bits per heavy atom. The first-order valence-electron chi connectivity index (χ1n) is 14.4. The second kappa shape index (κ2) is 17.4. The van der Waals surface area contributed by atoms with Crippen LogP contribution in [-0.2, 0) is 23.9 Å². The van der Waals surface area contributed by atoms with Crippen molar-refractivity contribution in [2.75, 3.05) is 19.7 Å². The number of hydrogen-bond acceptors (Lipinski definition) is 7. The summed E-state index contributed by atoms with van der Waals surface area (Å²) in [6.07, 6.45) is 3.37. The number of nitrogens with one attached hydrogen (secondary N) is 2. The number of carbonyl (C=O) groups is 4. The zero-order chi connectivity index (χ0) is 30.3. The fourth-order valence-electron chi connectivity index (χ4n) is 4.12. The first-order valence-corrected chi connectivity index (χ1v) is 14.4. The highest BCUT2D eigenvalue weighted by atomic mass is 16.6. The molecule has 0 aliphatic rings. The SMILES string of the molecule is CCCCCCN(C(=O)C(NC(=O)OC(C)(C)C)C(C)CC)C(C(=O)NCCC(=O)OCC)c1ccc(O)cc1. The maximum Gasteiger partial charge on any atom is 0.408 e. The van der Waals surface area contributed by atoms with Crippen molar-refractivity contribution in [3.63, 3.8) is 0 Å². The highest BCUT2D eigenvalue weighted by Crippen LogP contribution is 2.27. The predicted molar refractivity (Wildman–Crippen MR) is 154 cm³/mol. The van der Waals surface area contributed by atoms with Gasteiger partial charge in [-0.05, 0) is 57.7 Å². The molecule has 3 unspecified atom stereocenters. The normalized spacial score (nSPS) is 13.5. The van der Waals surface area contributed by atoms with Crippen LogP contribution in [-0.4, -0.2) is 65.2 Å². The Kier molecular flexibility index (Phi) is 15.1. The number of amides is 3. The van der Waals surface area contributed by atoms with E-state index >= 15 is 0 Å². The molecule has 0 saturated heterocycles. The van der Waals surface area contributed by atoms with E-state index in [1.54, 1.807) is 39.8 Å². The van der Waals surface area contributed by atoms with Crippen LogP contribution >= 0.6 is 0 Å². The van der Waals surface area contributed by atoms with Crippen LogP contribution in [0.4, 0.5) is 4.79 Å². The Morgan fingerprint density at radius 3 is 2.20 bits per heavy atom. The number of ether oxygens (including phenoxy) is 2. The summed E-state index contributed by atoms with van der Waals surface area (Å²) >= 11 is 0. The molecular weight excluding hydrogens is 514 g/mol. The van der Waals surface area contributed by atoms with E-state index < -0.39 is 41.6 Å². The molecule has 1 rings (SSSR count). The minimum atomic E-state index is -1.05. The second-order valence-corrected chi connectivity index (χ2v) is 10.9. The molecule has 3 amide bonds. The number of hydrogen-bond donors (Lipinski definition) is 3. The molecule has 40 heavy (non-hydrogen) atoms. The van der Waals surface area contributed by atoms with E-state index in [2.05, 4.69) is 17.6 Å². The summed E-state index contributed by atoms with van der Waals surface area (Å²) in [6.45, 7) is 13.4. The van der Waals surface area contributed by atoms with E-state index in [4.69, 9.17) is 9.47 Å². The summed E-state index contributed by atoms with van der Waals surface area (Å²) < 4.78 is 10.4. The van der Waals surface area contributed by atoms with Crippen LogP contribution in [0.25, 0.3) is 0 Å². The standard InChI is InChI=1S/C30H49N3O7/c1-8-11-12-13-20-33(28(37)25(21(4)9-2)32-29(38)40-30(5,6)7)26(22-14-16-23(34)17-15-22)27(36)31-19-18-24(35)39-10-3/h14-17,21,25-26,34H,8-13,18-20H2,1-7H3,(H,31,36)(H,32,38). The molecule has 0 bridgehead atoms. The van der Waals surface area contributed by atoms with Crippen LogP contribution in [0.15, 0.2) is 24.3 Å². The lowest BCUT2D eigenvalue weighted by atomic mass is 9.95. The van der Waals surface area contributed by atoms with Gasteiger partial charge < -0.3 is 30.1 Å². The van der Waals surface area contributed by atoms with Gasteiger partial charge in [-0.2, -0.15) is 0 Å². The number of alkyl carbamates (subject to hydrolysis) is 1. The maximum absolute atomic E-state index is 14.2. The Bertz CT molecular complexity index is 944. The number of rotatable bonds is 16. The molecule has 0 aromatic heterocycles. The van der Waals surface area contributed by atoms with E-state index in [0.717, 1.165) is 19.3 Å². The van der Waals surface area contributed by atoms with Gasteiger partial charge in [0, 0.05) is 13.1 Å². The number of unbranched alkanes of at least 4 members (excludes halogenated alkanes) is 3. The Morgan fingerprint density at radius 1 is 1.00 bits per heavy atom. The molecule has 10 heteroatoms. The lowest BCUT2D eigenvalue weighted by Crippen LogP contribution is -2.55. The molecule has 0 saturated carbocycles. The van der Waals surface area contributed by atoms with E-state index in [0.29, 0.717) is 18.4 Å². The average Bonchev–Trinajstić information content (AvgIpc) is 2.88. The van der Waals surface area contributed by atoms with Gasteiger partial charge in [0.05, 0.1) is 13.0 Å². The topological polar surface area (TPSA) is 134 Å². The van der Waals surface area contributed by atoms with E-state index in [1.807, 2.05) is 13.8 Å². The molecule has 0 fully saturated rings. The summed E-state index contributed by atoms with van der Waals surface area (Å²) in [5.74, 6) is -1.54. The highest BCUT2D eigenvalue weighted by Gasteiger charge is 2.38. The lowest BCUT2D eigenvalue weighted by Gasteiger charge is -2.36. The van der Waals surface area contributed by atoms with Crippen LogP contribution in [0, 0.1) is 5.92 Å². The van der Waals surface area contributed by atoms with Crippen molar-refractivity contribution in [1.82, 2.24) is 15.5 Å². The van der Waals surface area contributed by atoms with Gasteiger partial charge in [-0.15, -0.1) is 0 Å². The molecule has 0 radical (unpaired) electrons. The number of carbonyl (C=O) groups excluding carboxylic acids is 4. The van der Waals surface area contributed by atoms with E-state index in [9.17, 15) is 24.3 Å². The smallest absolute Gasteiger partial charge is 0.408 e. The summed E-state index contributed by atoms with van der Waals surface area (Å²) in [7, 11) is 0. The van der Waals surface area contributed by atoms with Crippen molar-refractivity contribution in [2.45, 2.75) is 105 Å². The Labute approximate surface area is 239 Å². The van der Waals surface area contributed by atoms with Crippen molar-refractivity contribution >= 4 is 23.9 Å². The van der Waals surface area contributed by atoms with Crippen molar-refractivity contribution < 1.29 is 33.8 Å². The van der Waals surface area contributed by atoms with Gasteiger partial charge in [0.1, 0.15) is 23.4 Å². The highest BCUT2D eigenvalue weighted by molar-refractivity contribution is 5.92.